The number of fused-ring (bicyclic) bond motifs is 1. The minimum Gasteiger partial charge on any atom is -0.494 e. The number of ether oxygens (including phenoxy) is 1. The van der Waals surface area contributed by atoms with Crippen molar-refractivity contribution in [1.82, 2.24) is 14.6 Å². The van der Waals surface area contributed by atoms with Gasteiger partial charge in [0.25, 0.3) is 5.56 Å². The number of benzene rings is 2. The zero-order valence-electron chi connectivity index (χ0n) is 16.8. The Labute approximate surface area is 179 Å². The number of aromatic nitrogens is 3. The Morgan fingerprint density at radius 3 is 2.60 bits per heavy atom. The molecule has 0 amide bonds. The summed E-state index contributed by atoms with van der Waals surface area (Å²) in [6.07, 6.45) is 9.06. The molecule has 0 spiro atoms. The van der Waals surface area contributed by atoms with Gasteiger partial charge in [-0.25, -0.2) is 0 Å². The Morgan fingerprint density at radius 1 is 1.07 bits per heavy atom. The topological polar surface area (TPSA) is 56.5 Å². The van der Waals surface area contributed by atoms with Crippen molar-refractivity contribution in [3.63, 3.8) is 0 Å². The predicted molar refractivity (Wildman–Crippen MR) is 123 cm³/mol. The summed E-state index contributed by atoms with van der Waals surface area (Å²) in [5.74, 6) is 1.38. The first-order chi connectivity index (χ1) is 14.7. The van der Waals surface area contributed by atoms with E-state index in [9.17, 15) is 4.79 Å². The Morgan fingerprint density at radius 2 is 1.87 bits per heavy atom. The molecule has 5 nitrogen and oxygen atoms in total. The van der Waals surface area contributed by atoms with Gasteiger partial charge in [-0.3, -0.25) is 4.79 Å². The van der Waals surface area contributed by atoms with Crippen LogP contribution in [-0.2, 0) is 0 Å². The summed E-state index contributed by atoms with van der Waals surface area (Å²) < 4.78 is 7.73. The highest BCUT2D eigenvalue weighted by Gasteiger charge is 2.11. The highest BCUT2D eigenvalue weighted by Crippen LogP contribution is 2.20. The molecule has 152 valence electrons. The molecule has 0 fully saturated rings. The van der Waals surface area contributed by atoms with E-state index in [4.69, 9.17) is 4.74 Å². The summed E-state index contributed by atoms with van der Waals surface area (Å²) in [5.41, 5.74) is 1.80. The molecule has 0 radical (unpaired) electrons. The summed E-state index contributed by atoms with van der Waals surface area (Å²) in [5, 5.41) is 4.40. The molecule has 2 aromatic carbocycles. The van der Waals surface area contributed by atoms with E-state index in [1.54, 1.807) is 6.08 Å². The summed E-state index contributed by atoms with van der Waals surface area (Å²) in [4.78, 5) is 17.8. The normalized spacial score (nSPS) is 12.2. The molecule has 0 N–H and O–H groups in total. The van der Waals surface area contributed by atoms with E-state index >= 15 is 0 Å². The molecule has 30 heavy (non-hydrogen) atoms. The molecule has 0 atom stereocenters. The number of nitrogens with zero attached hydrogens (tertiary/aromatic N) is 3. The number of hydrogen-bond acceptors (Lipinski definition) is 5. The van der Waals surface area contributed by atoms with Crippen LogP contribution >= 0.6 is 11.3 Å². The van der Waals surface area contributed by atoms with E-state index in [2.05, 4.69) is 17.0 Å². The van der Waals surface area contributed by atoms with Crippen LogP contribution < -0.4 is 14.8 Å². The van der Waals surface area contributed by atoms with Crippen molar-refractivity contribution in [2.24, 2.45) is 0 Å². The fourth-order valence-corrected chi connectivity index (χ4v) is 3.88. The number of rotatable bonds is 8. The summed E-state index contributed by atoms with van der Waals surface area (Å²) in [7, 11) is 0. The largest absolute Gasteiger partial charge is 0.494 e. The smallest absolute Gasteiger partial charge is 0.291 e. The van der Waals surface area contributed by atoms with Crippen molar-refractivity contribution in [2.75, 3.05) is 6.61 Å². The van der Waals surface area contributed by atoms with Gasteiger partial charge in [0.2, 0.25) is 4.96 Å². The van der Waals surface area contributed by atoms with Gasteiger partial charge < -0.3 is 4.74 Å². The molecule has 0 bridgehead atoms. The van der Waals surface area contributed by atoms with Gasteiger partial charge in [0.1, 0.15) is 5.75 Å². The van der Waals surface area contributed by atoms with Crippen molar-refractivity contribution in [3.8, 4) is 17.1 Å². The van der Waals surface area contributed by atoms with Gasteiger partial charge in [0.15, 0.2) is 5.82 Å². The number of allylic oxidation sites excluding steroid dienone is 1. The van der Waals surface area contributed by atoms with Crippen molar-refractivity contribution in [3.05, 3.63) is 81.1 Å². The zero-order valence-corrected chi connectivity index (χ0v) is 17.6. The number of unbranched alkanes of at least 4 members (excludes halogenated alkanes) is 2. The van der Waals surface area contributed by atoms with Gasteiger partial charge in [0.05, 0.1) is 11.1 Å². The van der Waals surface area contributed by atoms with E-state index in [-0.39, 0.29) is 5.56 Å². The first kappa shape index (κ1) is 20.0. The molecule has 0 saturated heterocycles. The fourth-order valence-electron chi connectivity index (χ4n) is 3.02. The predicted octanol–water partition coefficient (Wildman–Crippen LogP) is 4.60. The second-order valence-electron chi connectivity index (χ2n) is 6.92. The third-order valence-electron chi connectivity index (χ3n) is 4.65. The van der Waals surface area contributed by atoms with E-state index in [1.807, 2.05) is 66.7 Å². The van der Waals surface area contributed by atoms with Gasteiger partial charge in [-0.15, -0.1) is 5.10 Å². The maximum atomic E-state index is 12.6. The highest BCUT2D eigenvalue weighted by atomic mass is 32.1. The Balaban J connectivity index is 1.50. The van der Waals surface area contributed by atoms with Crippen LogP contribution in [0.2, 0.25) is 0 Å². The molecule has 6 heteroatoms. The van der Waals surface area contributed by atoms with Crippen molar-refractivity contribution >= 4 is 28.4 Å². The summed E-state index contributed by atoms with van der Waals surface area (Å²) in [6, 6.07) is 17.6. The van der Waals surface area contributed by atoms with Crippen LogP contribution in [0.1, 0.15) is 31.7 Å². The van der Waals surface area contributed by atoms with Gasteiger partial charge in [0, 0.05) is 5.56 Å². The van der Waals surface area contributed by atoms with Crippen LogP contribution in [-0.4, -0.2) is 21.2 Å². The first-order valence-electron chi connectivity index (χ1n) is 10.1. The van der Waals surface area contributed by atoms with E-state index < -0.39 is 0 Å². The summed E-state index contributed by atoms with van der Waals surface area (Å²) >= 11 is 1.34. The molecule has 0 aliphatic heterocycles. The Hall–Kier alpha value is -3.25. The monoisotopic (exact) mass is 417 g/mol. The third kappa shape index (κ3) is 4.66. The molecule has 2 aromatic heterocycles. The van der Waals surface area contributed by atoms with Crippen LogP contribution in [0.3, 0.4) is 0 Å². The van der Waals surface area contributed by atoms with E-state index in [1.165, 1.54) is 28.7 Å². The molecular weight excluding hydrogens is 394 g/mol. The van der Waals surface area contributed by atoms with Crippen LogP contribution in [0.4, 0.5) is 0 Å². The van der Waals surface area contributed by atoms with E-state index in [0.717, 1.165) is 29.9 Å². The van der Waals surface area contributed by atoms with E-state index in [0.29, 0.717) is 15.3 Å². The zero-order chi connectivity index (χ0) is 20.8. The molecule has 2 heterocycles. The van der Waals surface area contributed by atoms with Crippen LogP contribution in [0, 0.1) is 0 Å². The van der Waals surface area contributed by atoms with Gasteiger partial charge in [-0.05, 0) is 42.3 Å². The highest BCUT2D eigenvalue weighted by molar-refractivity contribution is 7.15. The number of thiazole rings is 1. The molecule has 0 aliphatic rings. The maximum absolute atomic E-state index is 12.6. The van der Waals surface area contributed by atoms with Crippen LogP contribution in [0.25, 0.3) is 28.5 Å². The van der Waals surface area contributed by atoms with Crippen molar-refractivity contribution in [1.29, 1.82) is 0 Å². The van der Waals surface area contributed by atoms with Gasteiger partial charge >= 0.3 is 0 Å². The fraction of sp³-hybridized carbons (Fsp3) is 0.208. The lowest BCUT2D eigenvalue weighted by Gasteiger charge is -2.05. The Bertz CT molecular complexity index is 1240. The molecule has 0 aliphatic carbocycles. The molecule has 0 saturated carbocycles. The first-order valence-corrected chi connectivity index (χ1v) is 10.9. The molecular formula is C24H23N3O2S. The number of hydrogen-bond donors (Lipinski definition) is 0. The average molecular weight is 418 g/mol. The lowest BCUT2D eigenvalue weighted by Crippen LogP contribution is -2.23. The van der Waals surface area contributed by atoms with Crippen molar-refractivity contribution in [2.45, 2.75) is 26.2 Å². The minimum atomic E-state index is -0.151. The standard InChI is InChI=1S/C24H23N3O2S/c1-2-3-7-17-29-20-15-13-19(14-16-20)22-25-24-27(26-22)23(28)21(30-24)12-8-11-18-9-5-4-6-10-18/h4-6,8-16H,2-3,7,17H2,1H3/b11-8+,21-12-. The minimum absolute atomic E-state index is 0.151. The summed E-state index contributed by atoms with van der Waals surface area (Å²) in [6.45, 7) is 2.90. The molecule has 4 rings (SSSR count). The second-order valence-corrected chi connectivity index (χ2v) is 7.93. The maximum Gasteiger partial charge on any atom is 0.291 e. The lowest BCUT2D eigenvalue weighted by molar-refractivity contribution is 0.306. The van der Waals surface area contributed by atoms with Gasteiger partial charge in [-0.1, -0.05) is 73.6 Å². The average Bonchev–Trinajstić information content (AvgIpc) is 3.32. The van der Waals surface area contributed by atoms with Crippen molar-refractivity contribution < 1.29 is 4.74 Å². The van der Waals surface area contributed by atoms with Gasteiger partial charge in [-0.2, -0.15) is 9.50 Å². The molecule has 0 unspecified atom stereocenters. The van der Waals surface area contributed by atoms with Crippen LogP contribution in [0.5, 0.6) is 5.75 Å². The second kappa shape index (κ2) is 9.50. The SMILES string of the molecule is CCCCCOc1ccc(-c2nc3s/c(=C\C=C\c4ccccc4)c(=O)n3n2)cc1. The quantitative estimate of drug-likeness (QED) is 0.393. The van der Waals surface area contributed by atoms with Crippen LogP contribution in [0.15, 0.2) is 65.5 Å². The Kier molecular flexibility index (Phi) is 6.35. The molecule has 4 aromatic rings. The third-order valence-corrected chi connectivity index (χ3v) is 5.62. The lowest BCUT2D eigenvalue weighted by atomic mass is 10.2.